The first-order valence-corrected chi connectivity index (χ1v) is 11.2. The lowest BCUT2D eigenvalue weighted by Crippen LogP contribution is -2.56. The van der Waals surface area contributed by atoms with Crippen molar-refractivity contribution >= 4 is 17.8 Å². The Balaban J connectivity index is 1.21. The van der Waals surface area contributed by atoms with Crippen LogP contribution in [0.3, 0.4) is 0 Å². The number of rotatable bonds is 8. The van der Waals surface area contributed by atoms with Gasteiger partial charge in [0, 0.05) is 6.04 Å². The minimum absolute atomic E-state index is 0.0809. The molecule has 4 fully saturated rings. The fourth-order valence-electron chi connectivity index (χ4n) is 6.42. The first kappa shape index (κ1) is 21.7. The highest BCUT2D eigenvalue weighted by Gasteiger charge is 2.53. The Morgan fingerprint density at radius 3 is 2.29 bits per heavy atom. The molecule has 168 valence electrons. The molecule has 7 nitrogen and oxygen atoms in total. The largest absolute Gasteiger partial charge is 0.496 e. The number of hydrogen-bond donors (Lipinski definition) is 2. The second kappa shape index (κ2) is 8.89. The van der Waals surface area contributed by atoms with Crippen LogP contribution in [0.25, 0.3) is 0 Å². The van der Waals surface area contributed by atoms with E-state index < -0.39 is 11.9 Å². The standard InChI is InChI=1S/C24H32N2O5/c1-15(24-10-16-7-17(11-24)9-18(8-16)12-24)26-21(27)14-31-22(28)13-25-23(29)19-5-3-4-6-20(19)30-2/h3-6,15-18H,7-14H2,1-2H3,(H,25,29)(H,26,27)/t15-,16?,17?,18?,24?/m0/s1. The average molecular weight is 429 g/mol. The number of carbonyl (C=O) groups is 3. The molecule has 0 radical (unpaired) electrons. The number of ether oxygens (including phenoxy) is 2. The summed E-state index contributed by atoms with van der Waals surface area (Å²) in [5.41, 5.74) is 0.539. The lowest BCUT2D eigenvalue weighted by molar-refractivity contribution is -0.148. The van der Waals surface area contributed by atoms with Gasteiger partial charge in [0.2, 0.25) is 0 Å². The Morgan fingerprint density at radius 2 is 1.68 bits per heavy atom. The Labute approximate surface area is 183 Å². The first-order valence-electron chi connectivity index (χ1n) is 11.2. The first-order chi connectivity index (χ1) is 14.9. The summed E-state index contributed by atoms with van der Waals surface area (Å²) in [5.74, 6) is 1.50. The number of para-hydroxylation sites is 1. The second-order valence-electron chi connectivity index (χ2n) is 9.61. The van der Waals surface area contributed by atoms with Gasteiger partial charge in [-0.05, 0) is 80.8 Å². The minimum atomic E-state index is -0.652. The average Bonchev–Trinajstić information content (AvgIpc) is 2.75. The van der Waals surface area contributed by atoms with Crippen molar-refractivity contribution in [3.63, 3.8) is 0 Å². The molecule has 0 unspecified atom stereocenters. The molecule has 4 bridgehead atoms. The van der Waals surface area contributed by atoms with Gasteiger partial charge in [0.1, 0.15) is 12.3 Å². The van der Waals surface area contributed by atoms with Crippen molar-refractivity contribution in [2.45, 2.75) is 51.5 Å². The molecule has 0 spiro atoms. The number of methoxy groups -OCH3 is 1. The fraction of sp³-hybridized carbons (Fsp3) is 0.625. The molecule has 1 aromatic carbocycles. The molecule has 4 aliphatic carbocycles. The van der Waals surface area contributed by atoms with Gasteiger partial charge in [-0.25, -0.2) is 0 Å². The van der Waals surface area contributed by atoms with Crippen LogP contribution in [0.5, 0.6) is 5.75 Å². The quantitative estimate of drug-likeness (QED) is 0.621. The van der Waals surface area contributed by atoms with E-state index in [0.717, 1.165) is 17.8 Å². The van der Waals surface area contributed by atoms with Crippen molar-refractivity contribution in [3.05, 3.63) is 29.8 Å². The number of carbonyl (C=O) groups excluding carboxylic acids is 3. The monoisotopic (exact) mass is 428 g/mol. The molecule has 31 heavy (non-hydrogen) atoms. The highest BCUT2D eigenvalue weighted by molar-refractivity contribution is 5.98. The van der Waals surface area contributed by atoms with Crippen LogP contribution in [0.2, 0.25) is 0 Å². The zero-order valence-corrected chi connectivity index (χ0v) is 18.3. The summed E-state index contributed by atoms with van der Waals surface area (Å²) in [4.78, 5) is 36.6. The van der Waals surface area contributed by atoms with Crippen molar-refractivity contribution in [3.8, 4) is 5.75 Å². The van der Waals surface area contributed by atoms with Crippen LogP contribution in [0.1, 0.15) is 55.8 Å². The summed E-state index contributed by atoms with van der Waals surface area (Å²) in [6.07, 6.45) is 7.69. The maximum Gasteiger partial charge on any atom is 0.325 e. The third-order valence-corrected chi connectivity index (χ3v) is 7.49. The summed E-state index contributed by atoms with van der Waals surface area (Å²) in [6, 6.07) is 6.83. The molecule has 0 aliphatic heterocycles. The van der Waals surface area contributed by atoms with E-state index in [9.17, 15) is 14.4 Å². The summed E-state index contributed by atoms with van der Waals surface area (Å²) >= 11 is 0. The van der Waals surface area contributed by atoms with Gasteiger partial charge >= 0.3 is 5.97 Å². The van der Waals surface area contributed by atoms with Gasteiger partial charge in [-0.15, -0.1) is 0 Å². The van der Waals surface area contributed by atoms with Gasteiger partial charge in [0.25, 0.3) is 11.8 Å². The normalized spacial score (nSPS) is 29.2. The van der Waals surface area contributed by atoms with Gasteiger partial charge in [-0.1, -0.05) is 12.1 Å². The Kier molecular flexibility index (Phi) is 6.21. The lowest BCUT2D eigenvalue weighted by atomic mass is 9.48. The SMILES string of the molecule is COc1ccccc1C(=O)NCC(=O)OCC(=O)N[C@@H](C)C12CC3CC(CC(C3)C1)C2. The molecule has 4 saturated carbocycles. The van der Waals surface area contributed by atoms with E-state index in [1.807, 2.05) is 0 Å². The van der Waals surface area contributed by atoms with E-state index in [1.165, 1.54) is 45.6 Å². The predicted molar refractivity (Wildman–Crippen MR) is 114 cm³/mol. The van der Waals surface area contributed by atoms with Crippen LogP contribution < -0.4 is 15.4 Å². The zero-order chi connectivity index (χ0) is 22.0. The number of hydrogen-bond acceptors (Lipinski definition) is 5. The molecule has 1 aromatic rings. The van der Waals surface area contributed by atoms with Crippen LogP contribution in [-0.2, 0) is 14.3 Å². The lowest BCUT2D eigenvalue weighted by Gasteiger charge is -2.59. The molecule has 0 heterocycles. The van der Waals surface area contributed by atoms with Gasteiger partial charge in [0.05, 0.1) is 12.7 Å². The number of esters is 1. The van der Waals surface area contributed by atoms with Gasteiger partial charge in [-0.3, -0.25) is 14.4 Å². The summed E-state index contributed by atoms with van der Waals surface area (Å²) < 4.78 is 10.2. The summed E-state index contributed by atoms with van der Waals surface area (Å²) in [7, 11) is 1.48. The van der Waals surface area contributed by atoms with Crippen molar-refractivity contribution in [2.24, 2.45) is 23.2 Å². The molecular formula is C24H32N2O5. The highest BCUT2D eigenvalue weighted by Crippen LogP contribution is 2.61. The third kappa shape index (κ3) is 4.70. The number of nitrogens with one attached hydrogen (secondary N) is 2. The van der Waals surface area contributed by atoms with E-state index in [1.54, 1.807) is 24.3 Å². The molecule has 1 atom stereocenters. The van der Waals surface area contributed by atoms with Crippen LogP contribution in [0, 0.1) is 23.2 Å². The smallest absolute Gasteiger partial charge is 0.325 e. The predicted octanol–water partition coefficient (Wildman–Crippen LogP) is 2.69. The molecule has 0 saturated heterocycles. The molecule has 4 aliphatic rings. The van der Waals surface area contributed by atoms with E-state index >= 15 is 0 Å². The molecule has 2 N–H and O–H groups in total. The van der Waals surface area contributed by atoms with Crippen LogP contribution in [0.15, 0.2) is 24.3 Å². The fourth-order valence-corrected chi connectivity index (χ4v) is 6.42. The number of benzene rings is 1. The van der Waals surface area contributed by atoms with Crippen molar-refractivity contribution in [1.82, 2.24) is 10.6 Å². The van der Waals surface area contributed by atoms with Gasteiger partial charge < -0.3 is 20.1 Å². The molecule has 2 amide bonds. The van der Waals surface area contributed by atoms with Crippen LogP contribution >= 0.6 is 0 Å². The van der Waals surface area contributed by atoms with Crippen molar-refractivity contribution in [2.75, 3.05) is 20.3 Å². The number of amides is 2. The molecule has 0 aromatic heterocycles. The Bertz CT molecular complexity index is 817. The van der Waals surface area contributed by atoms with Crippen molar-refractivity contribution in [1.29, 1.82) is 0 Å². The Morgan fingerprint density at radius 1 is 1.06 bits per heavy atom. The summed E-state index contributed by atoms with van der Waals surface area (Å²) in [5, 5.41) is 5.58. The maximum absolute atomic E-state index is 12.4. The van der Waals surface area contributed by atoms with E-state index in [0.29, 0.717) is 11.3 Å². The molecule has 7 heteroatoms. The van der Waals surface area contributed by atoms with Gasteiger partial charge in [0.15, 0.2) is 6.61 Å². The van der Waals surface area contributed by atoms with Crippen LogP contribution in [0.4, 0.5) is 0 Å². The van der Waals surface area contributed by atoms with Gasteiger partial charge in [-0.2, -0.15) is 0 Å². The third-order valence-electron chi connectivity index (χ3n) is 7.49. The van der Waals surface area contributed by atoms with E-state index in [2.05, 4.69) is 17.6 Å². The Hall–Kier alpha value is -2.57. The minimum Gasteiger partial charge on any atom is -0.496 e. The topological polar surface area (TPSA) is 93.7 Å². The second-order valence-corrected chi connectivity index (χ2v) is 9.61. The zero-order valence-electron chi connectivity index (χ0n) is 18.3. The van der Waals surface area contributed by atoms with E-state index in [-0.39, 0.29) is 30.5 Å². The maximum atomic E-state index is 12.4. The molecular weight excluding hydrogens is 396 g/mol. The van der Waals surface area contributed by atoms with E-state index in [4.69, 9.17) is 9.47 Å². The van der Waals surface area contributed by atoms with Crippen LogP contribution in [-0.4, -0.2) is 44.1 Å². The van der Waals surface area contributed by atoms with Crippen molar-refractivity contribution < 1.29 is 23.9 Å². The highest BCUT2D eigenvalue weighted by atomic mass is 16.5. The summed E-state index contributed by atoms with van der Waals surface area (Å²) in [6.45, 7) is 1.45. The molecule has 5 rings (SSSR count).